The number of hydrogen-bond acceptors (Lipinski definition) is 3. The molecule has 0 amide bonds. The lowest BCUT2D eigenvalue weighted by molar-refractivity contribution is -0.108. The zero-order valence-corrected chi connectivity index (χ0v) is 8.42. The Kier molecular flexibility index (Phi) is 2.96. The van der Waals surface area contributed by atoms with Crippen LogP contribution in [0.25, 0.3) is 0 Å². The molecule has 0 aromatic heterocycles. The lowest BCUT2D eigenvalue weighted by Gasteiger charge is -2.31. The van der Waals surface area contributed by atoms with Crippen LogP contribution < -0.4 is 0 Å². The van der Waals surface area contributed by atoms with Crippen molar-refractivity contribution in [2.24, 2.45) is 5.41 Å². The summed E-state index contributed by atoms with van der Waals surface area (Å²) >= 11 is 0. The number of allylic oxidation sites excluding steroid dienone is 1. The Balaban J connectivity index is 2.58. The van der Waals surface area contributed by atoms with Crippen LogP contribution in [0.1, 0.15) is 27.2 Å². The topological polar surface area (TPSA) is 35.5 Å². The Hall–Kier alpha value is -0.990. The minimum atomic E-state index is 0.0744. The van der Waals surface area contributed by atoms with Crippen molar-refractivity contribution in [2.75, 3.05) is 13.2 Å². The average Bonchev–Trinajstić information content (AvgIpc) is 2.04. The molecule has 3 nitrogen and oxygen atoms in total. The van der Waals surface area contributed by atoms with E-state index in [1.807, 2.05) is 6.92 Å². The molecule has 1 heterocycles. The highest BCUT2D eigenvalue weighted by Crippen LogP contribution is 2.26. The molecule has 0 aliphatic carbocycles. The van der Waals surface area contributed by atoms with Gasteiger partial charge in [0.2, 0.25) is 0 Å². The SMILES string of the molecule is CC(CC=O)=C1OCC(C)(C)CO1. The number of aldehydes is 1. The third-order valence-electron chi connectivity index (χ3n) is 1.93. The van der Waals surface area contributed by atoms with E-state index in [9.17, 15) is 4.79 Å². The molecule has 0 spiro atoms. The summed E-state index contributed by atoms with van der Waals surface area (Å²) in [6.07, 6.45) is 1.24. The van der Waals surface area contributed by atoms with Gasteiger partial charge in [-0.2, -0.15) is 0 Å². The third kappa shape index (κ3) is 2.76. The van der Waals surface area contributed by atoms with Gasteiger partial charge in [0.05, 0.1) is 13.2 Å². The predicted octanol–water partition coefficient (Wildman–Crippen LogP) is 1.88. The highest BCUT2D eigenvalue weighted by Gasteiger charge is 2.26. The fraction of sp³-hybridized carbons (Fsp3) is 0.700. The quantitative estimate of drug-likeness (QED) is 0.615. The smallest absolute Gasteiger partial charge is 0.278 e. The summed E-state index contributed by atoms with van der Waals surface area (Å²) in [6.45, 7) is 7.32. The number of rotatable bonds is 2. The molecule has 74 valence electrons. The van der Waals surface area contributed by atoms with Crippen LogP contribution in [-0.2, 0) is 14.3 Å². The first-order chi connectivity index (χ1) is 6.05. The molecule has 0 N–H and O–H groups in total. The van der Waals surface area contributed by atoms with Crippen molar-refractivity contribution < 1.29 is 14.3 Å². The second-order valence-corrected chi connectivity index (χ2v) is 4.18. The molecule has 1 saturated heterocycles. The third-order valence-corrected chi connectivity index (χ3v) is 1.93. The molecule has 0 saturated carbocycles. The van der Waals surface area contributed by atoms with Crippen molar-refractivity contribution >= 4 is 6.29 Å². The zero-order valence-electron chi connectivity index (χ0n) is 8.42. The summed E-state index contributed by atoms with van der Waals surface area (Å²) in [5, 5.41) is 0. The van der Waals surface area contributed by atoms with Crippen molar-refractivity contribution in [1.29, 1.82) is 0 Å². The maximum atomic E-state index is 10.2. The van der Waals surface area contributed by atoms with Crippen LogP contribution in [-0.4, -0.2) is 19.5 Å². The van der Waals surface area contributed by atoms with E-state index in [-0.39, 0.29) is 5.41 Å². The van der Waals surface area contributed by atoms with Crippen LogP contribution in [0.5, 0.6) is 0 Å². The summed E-state index contributed by atoms with van der Waals surface area (Å²) < 4.78 is 10.8. The monoisotopic (exact) mass is 184 g/mol. The van der Waals surface area contributed by atoms with Crippen LogP contribution in [0.4, 0.5) is 0 Å². The van der Waals surface area contributed by atoms with Gasteiger partial charge in [-0.3, -0.25) is 0 Å². The van der Waals surface area contributed by atoms with E-state index in [4.69, 9.17) is 9.47 Å². The standard InChI is InChI=1S/C10H16O3/c1-8(4-5-11)9-12-6-10(2,3)7-13-9/h5H,4,6-7H2,1-3H3. The predicted molar refractivity (Wildman–Crippen MR) is 49.1 cm³/mol. The number of hydrogen-bond donors (Lipinski definition) is 0. The van der Waals surface area contributed by atoms with Gasteiger partial charge in [0.25, 0.3) is 5.95 Å². The number of carbonyl (C=O) groups excluding carboxylic acids is 1. The highest BCUT2D eigenvalue weighted by molar-refractivity contribution is 5.53. The summed E-state index contributed by atoms with van der Waals surface area (Å²) in [5.41, 5.74) is 0.941. The Morgan fingerprint density at radius 1 is 1.46 bits per heavy atom. The zero-order chi connectivity index (χ0) is 9.90. The van der Waals surface area contributed by atoms with E-state index < -0.39 is 0 Å². The van der Waals surface area contributed by atoms with Crippen LogP contribution in [0.15, 0.2) is 11.5 Å². The van der Waals surface area contributed by atoms with Crippen molar-refractivity contribution in [2.45, 2.75) is 27.2 Å². The first kappa shape index (κ1) is 10.1. The van der Waals surface area contributed by atoms with Crippen molar-refractivity contribution in [3.63, 3.8) is 0 Å². The second-order valence-electron chi connectivity index (χ2n) is 4.18. The first-order valence-corrected chi connectivity index (χ1v) is 4.44. The molecule has 1 aliphatic rings. The summed E-state index contributed by atoms with van der Waals surface area (Å²) in [6, 6.07) is 0. The second kappa shape index (κ2) is 3.81. The summed E-state index contributed by atoms with van der Waals surface area (Å²) in [7, 11) is 0. The van der Waals surface area contributed by atoms with E-state index in [0.29, 0.717) is 25.6 Å². The fourth-order valence-electron chi connectivity index (χ4n) is 1.06. The van der Waals surface area contributed by atoms with Crippen LogP contribution in [0.2, 0.25) is 0 Å². The van der Waals surface area contributed by atoms with E-state index in [0.717, 1.165) is 11.9 Å². The highest BCUT2D eigenvalue weighted by atomic mass is 16.7. The molecular formula is C10H16O3. The molecule has 1 aliphatic heterocycles. The molecule has 1 rings (SSSR count). The maximum absolute atomic E-state index is 10.2. The average molecular weight is 184 g/mol. The Morgan fingerprint density at radius 3 is 2.46 bits per heavy atom. The van der Waals surface area contributed by atoms with Crippen molar-refractivity contribution in [1.82, 2.24) is 0 Å². The molecule has 0 aromatic rings. The molecule has 0 bridgehead atoms. The van der Waals surface area contributed by atoms with Crippen molar-refractivity contribution in [3.05, 3.63) is 11.5 Å². The normalized spacial score (nSPS) is 20.1. The molecule has 0 aromatic carbocycles. The van der Waals surface area contributed by atoms with Crippen molar-refractivity contribution in [3.8, 4) is 0 Å². The lowest BCUT2D eigenvalue weighted by atomic mass is 9.96. The number of carbonyl (C=O) groups is 1. The molecular weight excluding hydrogens is 168 g/mol. The van der Waals surface area contributed by atoms with Gasteiger partial charge in [-0.15, -0.1) is 0 Å². The van der Waals surface area contributed by atoms with E-state index in [2.05, 4.69) is 13.8 Å². The minimum Gasteiger partial charge on any atom is -0.465 e. The van der Waals surface area contributed by atoms with Gasteiger partial charge in [0.1, 0.15) is 6.29 Å². The Labute approximate surface area is 78.7 Å². The molecule has 1 fully saturated rings. The molecule has 0 unspecified atom stereocenters. The molecule has 3 heteroatoms. The molecule has 13 heavy (non-hydrogen) atoms. The van der Waals surface area contributed by atoms with E-state index in [1.54, 1.807) is 0 Å². The summed E-state index contributed by atoms with van der Waals surface area (Å²) in [4.78, 5) is 10.2. The first-order valence-electron chi connectivity index (χ1n) is 4.44. The summed E-state index contributed by atoms with van der Waals surface area (Å²) in [5.74, 6) is 0.534. The van der Waals surface area contributed by atoms with E-state index >= 15 is 0 Å². The maximum Gasteiger partial charge on any atom is 0.278 e. The van der Waals surface area contributed by atoms with Gasteiger partial charge in [-0.05, 0) is 6.92 Å². The van der Waals surface area contributed by atoms with Crippen LogP contribution in [0.3, 0.4) is 0 Å². The van der Waals surface area contributed by atoms with Gasteiger partial charge in [-0.25, -0.2) is 0 Å². The lowest BCUT2D eigenvalue weighted by Crippen LogP contribution is -2.31. The van der Waals surface area contributed by atoms with Gasteiger partial charge in [-0.1, -0.05) is 13.8 Å². The fourth-order valence-corrected chi connectivity index (χ4v) is 1.06. The van der Waals surface area contributed by atoms with Crippen LogP contribution >= 0.6 is 0 Å². The minimum absolute atomic E-state index is 0.0744. The number of ether oxygens (including phenoxy) is 2. The molecule has 0 radical (unpaired) electrons. The Morgan fingerprint density at radius 2 is 2.00 bits per heavy atom. The Bertz CT molecular complexity index is 216. The van der Waals surface area contributed by atoms with Gasteiger partial charge < -0.3 is 14.3 Å². The largest absolute Gasteiger partial charge is 0.465 e. The van der Waals surface area contributed by atoms with Gasteiger partial charge in [0.15, 0.2) is 0 Å². The van der Waals surface area contributed by atoms with E-state index in [1.165, 1.54) is 0 Å². The van der Waals surface area contributed by atoms with Gasteiger partial charge >= 0.3 is 0 Å². The van der Waals surface area contributed by atoms with Crippen LogP contribution in [0, 0.1) is 5.41 Å². The molecule has 0 atom stereocenters. The van der Waals surface area contributed by atoms with Gasteiger partial charge in [0, 0.05) is 17.4 Å².